The Labute approximate surface area is 174 Å². The second-order valence-electron chi connectivity index (χ2n) is 7.45. The number of anilines is 1. The summed E-state index contributed by atoms with van der Waals surface area (Å²) in [5.74, 6) is -0.496. The van der Waals surface area contributed by atoms with Gasteiger partial charge in [-0.25, -0.2) is 13.1 Å². The lowest BCUT2D eigenvalue weighted by Gasteiger charge is -2.13. The summed E-state index contributed by atoms with van der Waals surface area (Å²) in [5.41, 5.74) is 0.240. The number of amides is 1. The van der Waals surface area contributed by atoms with Gasteiger partial charge in [0.05, 0.1) is 15.5 Å². The van der Waals surface area contributed by atoms with Gasteiger partial charge in [-0.3, -0.25) is 9.59 Å². The molecule has 7 nitrogen and oxygen atoms in total. The van der Waals surface area contributed by atoms with Crippen LogP contribution in [0, 0.1) is 0 Å². The van der Waals surface area contributed by atoms with Crippen LogP contribution in [0.5, 0.6) is 0 Å². The van der Waals surface area contributed by atoms with Crippen LogP contribution in [0.2, 0.25) is 0 Å². The Balaban J connectivity index is 1.69. The molecule has 1 aliphatic rings. The third-order valence-electron chi connectivity index (χ3n) is 5.54. The van der Waals surface area contributed by atoms with E-state index in [4.69, 9.17) is 0 Å². The van der Waals surface area contributed by atoms with Gasteiger partial charge < -0.3 is 5.32 Å². The molecule has 1 amide bonds. The van der Waals surface area contributed by atoms with Crippen molar-refractivity contribution in [1.82, 2.24) is 9.78 Å². The maximum absolute atomic E-state index is 13.0. The fourth-order valence-electron chi connectivity index (χ4n) is 3.95. The molecule has 0 bridgehead atoms. The molecular weight excluding hydrogens is 402 g/mol. The van der Waals surface area contributed by atoms with E-state index >= 15 is 0 Å². The summed E-state index contributed by atoms with van der Waals surface area (Å²) >= 11 is 0. The van der Waals surface area contributed by atoms with Gasteiger partial charge in [0, 0.05) is 17.6 Å². The number of benzene rings is 2. The van der Waals surface area contributed by atoms with Gasteiger partial charge >= 0.3 is 0 Å². The summed E-state index contributed by atoms with van der Waals surface area (Å²) < 4.78 is 27.0. The van der Waals surface area contributed by atoms with Gasteiger partial charge in [0.15, 0.2) is 15.5 Å². The van der Waals surface area contributed by atoms with Crippen LogP contribution >= 0.6 is 0 Å². The van der Waals surface area contributed by atoms with E-state index in [-0.39, 0.29) is 21.4 Å². The molecule has 1 heterocycles. The van der Waals surface area contributed by atoms with Gasteiger partial charge in [0.1, 0.15) is 0 Å². The quantitative estimate of drug-likeness (QED) is 0.676. The molecule has 0 atom stereocenters. The molecule has 0 radical (unpaired) electrons. The lowest BCUT2D eigenvalue weighted by molar-refractivity contribution is 0.102. The van der Waals surface area contributed by atoms with E-state index in [2.05, 4.69) is 10.4 Å². The largest absolute Gasteiger partial charge is 0.321 e. The van der Waals surface area contributed by atoms with Crippen LogP contribution in [0.1, 0.15) is 43.1 Å². The van der Waals surface area contributed by atoms with Crippen molar-refractivity contribution in [1.29, 1.82) is 0 Å². The van der Waals surface area contributed by atoms with Crippen molar-refractivity contribution in [3.63, 3.8) is 0 Å². The summed E-state index contributed by atoms with van der Waals surface area (Å²) in [4.78, 5) is 25.7. The second kappa shape index (κ2) is 8.02. The first-order valence-corrected chi connectivity index (χ1v) is 11.6. The monoisotopic (exact) mass is 425 g/mol. The van der Waals surface area contributed by atoms with Gasteiger partial charge in [0.2, 0.25) is 0 Å². The van der Waals surface area contributed by atoms with E-state index < -0.39 is 15.7 Å². The van der Waals surface area contributed by atoms with E-state index in [0.29, 0.717) is 35.8 Å². The average Bonchev–Trinajstić information content (AvgIpc) is 3.30. The molecule has 0 aliphatic heterocycles. The van der Waals surface area contributed by atoms with E-state index in [9.17, 15) is 18.0 Å². The van der Waals surface area contributed by atoms with E-state index in [0.717, 1.165) is 12.8 Å². The van der Waals surface area contributed by atoms with Gasteiger partial charge in [0.25, 0.3) is 11.5 Å². The molecular formula is C22H23N3O4S. The Bertz CT molecular complexity index is 1280. The molecule has 156 valence electrons. The maximum Gasteiger partial charge on any atom is 0.276 e. The number of aromatic nitrogens is 2. The Morgan fingerprint density at radius 1 is 1.10 bits per heavy atom. The molecule has 30 heavy (non-hydrogen) atoms. The summed E-state index contributed by atoms with van der Waals surface area (Å²) in [6, 6.07) is 13.1. The summed E-state index contributed by atoms with van der Waals surface area (Å²) in [7, 11) is -3.42. The van der Waals surface area contributed by atoms with Crippen LogP contribution in [-0.2, 0) is 16.4 Å². The Morgan fingerprint density at radius 2 is 1.80 bits per heavy atom. The highest BCUT2D eigenvalue weighted by molar-refractivity contribution is 7.92. The average molecular weight is 426 g/mol. The molecule has 1 fully saturated rings. The highest BCUT2D eigenvalue weighted by atomic mass is 32.2. The summed E-state index contributed by atoms with van der Waals surface area (Å²) in [6.45, 7) is 2.11. The number of sulfone groups is 1. The normalized spacial score (nSPS) is 14.8. The van der Waals surface area contributed by atoms with Crippen molar-refractivity contribution in [3.05, 3.63) is 64.6 Å². The molecule has 2 aromatic carbocycles. The first-order valence-electron chi connectivity index (χ1n) is 10.1. The zero-order valence-corrected chi connectivity index (χ0v) is 17.5. The summed E-state index contributed by atoms with van der Waals surface area (Å²) in [5, 5.41) is 7.48. The predicted octanol–water partition coefficient (Wildman–Crippen LogP) is 3.39. The highest BCUT2D eigenvalue weighted by Crippen LogP contribution is 2.30. The Hall–Kier alpha value is -3.00. The molecule has 8 heteroatoms. The molecule has 0 unspecified atom stereocenters. The van der Waals surface area contributed by atoms with E-state index in [1.54, 1.807) is 49.4 Å². The second-order valence-corrected chi connectivity index (χ2v) is 9.68. The van der Waals surface area contributed by atoms with E-state index in [1.165, 1.54) is 10.7 Å². The van der Waals surface area contributed by atoms with Crippen molar-refractivity contribution >= 4 is 32.2 Å². The van der Waals surface area contributed by atoms with Crippen LogP contribution in [0.25, 0.3) is 10.8 Å². The highest BCUT2D eigenvalue weighted by Gasteiger charge is 2.30. The summed E-state index contributed by atoms with van der Waals surface area (Å²) in [6.07, 6.45) is 3.19. The Kier molecular flexibility index (Phi) is 5.42. The molecule has 1 N–H and O–H groups in total. The van der Waals surface area contributed by atoms with Gasteiger partial charge in [-0.2, -0.15) is 5.10 Å². The number of rotatable bonds is 5. The molecule has 1 aromatic heterocycles. The number of hydrogen-bond acceptors (Lipinski definition) is 5. The molecule has 3 aromatic rings. The third-order valence-corrected chi connectivity index (χ3v) is 7.80. The standard InChI is InChI=1S/C22H23N3O4S/c1-2-25-22(27)19-13-6-5-12-18(19)20(24-25)21(26)23-15-8-7-11-17(14-15)30(28,29)16-9-3-4-10-16/h5-8,11-14,16H,2-4,9-10H2,1H3,(H,23,26). The van der Waals surface area contributed by atoms with Crippen LogP contribution in [0.4, 0.5) is 5.69 Å². The number of nitrogens with zero attached hydrogens (tertiary/aromatic N) is 2. The van der Waals surface area contributed by atoms with Crippen molar-refractivity contribution < 1.29 is 13.2 Å². The molecule has 4 rings (SSSR count). The van der Waals surface area contributed by atoms with Crippen molar-refractivity contribution in [3.8, 4) is 0 Å². The lowest BCUT2D eigenvalue weighted by atomic mass is 10.1. The number of carbonyl (C=O) groups excluding carboxylic acids is 1. The molecule has 0 saturated heterocycles. The number of aryl methyl sites for hydroxylation is 1. The van der Waals surface area contributed by atoms with Crippen LogP contribution in [-0.4, -0.2) is 29.4 Å². The maximum atomic E-state index is 13.0. The molecule has 1 saturated carbocycles. The molecule has 0 spiro atoms. The Morgan fingerprint density at radius 3 is 2.50 bits per heavy atom. The predicted molar refractivity (Wildman–Crippen MR) is 116 cm³/mol. The number of fused-ring (bicyclic) bond motifs is 1. The van der Waals surface area contributed by atoms with Crippen LogP contribution in [0.3, 0.4) is 0 Å². The molecule has 1 aliphatic carbocycles. The first kappa shape index (κ1) is 20.3. The van der Waals surface area contributed by atoms with Crippen molar-refractivity contribution in [2.75, 3.05) is 5.32 Å². The zero-order chi connectivity index (χ0) is 21.3. The minimum Gasteiger partial charge on any atom is -0.321 e. The van der Waals surface area contributed by atoms with Crippen LogP contribution < -0.4 is 10.9 Å². The van der Waals surface area contributed by atoms with Crippen molar-refractivity contribution in [2.45, 2.75) is 49.3 Å². The van der Waals surface area contributed by atoms with E-state index in [1.807, 2.05) is 0 Å². The van der Waals surface area contributed by atoms with Crippen molar-refractivity contribution in [2.24, 2.45) is 0 Å². The fraction of sp³-hybridized carbons (Fsp3) is 0.318. The SMILES string of the molecule is CCn1nc(C(=O)Nc2cccc(S(=O)(=O)C3CCCC3)c2)c2ccccc2c1=O. The first-order chi connectivity index (χ1) is 14.4. The van der Waals surface area contributed by atoms with Gasteiger partial charge in [-0.1, -0.05) is 37.1 Å². The lowest BCUT2D eigenvalue weighted by Crippen LogP contribution is -2.27. The number of hydrogen-bond donors (Lipinski definition) is 1. The van der Waals surface area contributed by atoms with Gasteiger partial charge in [-0.05, 0) is 44.0 Å². The minimum atomic E-state index is -3.42. The topological polar surface area (TPSA) is 98.1 Å². The number of carbonyl (C=O) groups is 1. The third kappa shape index (κ3) is 3.63. The van der Waals surface area contributed by atoms with Crippen LogP contribution in [0.15, 0.2) is 58.2 Å². The fourth-order valence-corrected chi connectivity index (χ4v) is 5.85. The zero-order valence-electron chi connectivity index (χ0n) is 16.7. The van der Waals surface area contributed by atoms with Gasteiger partial charge in [-0.15, -0.1) is 0 Å². The minimum absolute atomic E-state index is 0.121. The smallest absolute Gasteiger partial charge is 0.276 e. The number of nitrogens with one attached hydrogen (secondary N) is 1.